The SMILES string of the molecule is COc1ccc([C@H]2NC(=O)N(c3cc(C(=O)N(C)C)ccc3C)C2=O)c(OC)c1. The summed E-state index contributed by atoms with van der Waals surface area (Å²) in [6.45, 7) is 1.78. The van der Waals surface area contributed by atoms with E-state index in [1.807, 2.05) is 0 Å². The molecule has 29 heavy (non-hydrogen) atoms. The molecule has 0 unspecified atom stereocenters. The molecule has 3 rings (SSSR count). The highest BCUT2D eigenvalue weighted by Crippen LogP contribution is 2.35. The number of ether oxygens (including phenoxy) is 2. The van der Waals surface area contributed by atoms with E-state index in [0.717, 1.165) is 4.90 Å². The molecule has 152 valence electrons. The average molecular weight is 397 g/mol. The summed E-state index contributed by atoms with van der Waals surface area (Å²) in [7, 11) is 6.30. The fraction of sp³-hybridized carbons (Fsp3) is 0.286. The maximum Gasteiger partial charge on any atom is 0.329 e. The Morgan fingerprint density at radius 2 is 1.79 bits per heavy atom. The van der Waals surface area contributed by atoms with Crippen molar-refractivity contribution in [3.63, 3.8) is 0 Å². The Balaban J connectivity index is 2.00. The summed E-state index contributed by atoms with van der Waals surface area (Å²) in [5.74, 6) is 0.339. The van der Waals surface area contributed by atoms with E-state index in [2.05, 4.69) is 5.32 Å². The summed E-state index contributed by atoms with van der Waals surface area (Å²) in [6, 6.07) is 8.51. The highest BCUT2D eigenvalue weighted by molar-refractivity contribution is 6.22. The van der Waals surface area contributed by atoms with Gasteiger partial charge >= 0.3 is 6.03 Å². The molecular formula is C21H23N3O5. The summed E-state index contributed by atoms with van der Waals surface area (Å²) < 4.78 is 10.6. The van der Waals surface area contributed by atoms with Crippen molar-refractivity contribution < 1.29 is 23.9 Å². The highest BCUT2D eigenvalue weighted by atomic mass is 16.5. The Morgan fingerprint density at radius 3 is 2.41 bits per heavy atom. The smallest absolute Gasteiger partial charge is 0.329 e. The number of rotatable bonds is 5. The number of imide groups is 1. The maximum absolute atomic E-state index is 13.2. The van der Waals surface area contributed by atoms with Crippen molar-refractivity contribution in [3.8, 4) is 11.5 Å². The fourth-order valence-electron chi connectivity index (χ4n) is 3.22. The third kappa shape index (κ3) is 3.61. The minimum absolute atomic E-state index is 0.216. The number of nitrogens with one attached hydrogen (secondary N) is 1. The van der Waals surface area contributed by atoms with Gasteiger partial charge in [-0.05, 0) is 36.8 Å². The topological polar surface area (TPSA) is 88.2 Å². The highest BCUT2D eigenvalue weighted by Gasteiger charge is 2.42. The predicted molar refractivity (Wildman–Crippen MR) is 108 cm³/mol. The molecule has 0 saturated carbocycles. The molecule has 1 heterocycles. The summed E-state index contributed by atoms with van der Waals surface area (Å²) >= 11 is 0. The largest absolute Gasteiger partial charge is 0.497 e. The standard InChI is InChI=1S/C21H23N3O5/c1-12-6-7-13(19(25)23(2)3)10-16(12)24-20(26)18(22-21(24)27)15-9-8-14(28-4)11-17(15)29-5/h6-11,18H,1-5H3,(H,22,27)/t18-/m1/s1. The van der Waals surface area contributed by atoms with Crippen LogP contribution in [0.15, 0.2) is 36.4 Å². The number of amides is 4. The number of nitrogens with zero attached hydrogens (tertiary/aromatic N) is 2. The molecule has 0 aromatic heterocycles. The van der Waals surface area contributed by atoms with E-state index in [9.17, 15) is 14.4 Å². The van der Waals surface area contributed by atoms with E-state index < -0.39 is 18.0 Å². The lowest BCUT2D eigenvalue weighted by molar-refractivity contribution is -0.118. The van der Waals surface area contributed by atoms with Gasteiger partial charge in [-0.25, -0.2) is 9.69 Å². The maximum atomic E-state index is 13.2. The van der Waals surface area contributed by atoms with Crippen molar-refractivity contribution in [1.29, 1.82) is 0 Å². The molecule has 8 heteroatoms. The Morgan fingerprint density at radius 1 is 1.07 bits per heavy atom. The Kier molecular flexibility index (Phi) is 5.45. The minimum atomic E-state index is -0.907. The Hall–Kier alpha value is -3.55. The first-order valence-corrected chi connectivity index (χ1v) is 8.97. The number of methoxy groups -OCH3 is 2. The van der Waals surface area contributed by atoms with Crippen molar-refractivity contribution in [2.24, 2.45) is 0 Å². The summed E-state index contributed by atoms with van der Waals surface area (Å²) in [4.78, 5) is 40.7. The van der Waals surface area contributed by atoms with Crippen molar-refractivity contribution >= 4 is 23.5 Å². The number of aryl methyl sites for hydroxylation is 1. The van der Waals surface area contributed by atoms with E-state index in [0.29, 0.717) is 33.9 Å². The van der Waals surface area contributed by atoms with E-state index in [1.54, 1.807) is 57.4 Å². The van der Waals surface area contributed by atoms with Gasteiger partial charge in [-0.15, -0.1) is 0 Å². The summed E-state index contributed by atoms with van der Waals surface area (Å²) in [5.41, 5.74) is 1.98. The van der Waals surface area contributed by atoms with E-state index in [1.165, 1.54) is 19.1 Å². The molecule has 1 fully saturated rings. The van der Waals surface area contributed by atoms with Crippen LogP contribution in [0.2, 0.25) is 0 Å². The monoisotopic (exact) mass is 397 g/mol. The zero-order valence-electron chi connectivity index (χ0n) is 17.0. The average Bonchev–Trinajstić information content (AvgIpc) is 3.01. The van der Waals surface area contributed by atoms with Crippen molar-refractivity contribution in [2.75, 3.05) is 33.2 Å². The lowest BCUT2D eigenvalue weighted by Crippen LogP contribution is -2.32. The summed E-state index contributed by atoms with van der Waals surface area (Å²) in [5, 5.41) is 2.70. The van der Waals surface area contributed by atoms with Crippen LogP contribution < -0.4 is 19.7 Å². The molecule has 1 aliphatic rings. The Bertz CT molecular complexity index is 986. The van der Waals surface area contributed by atoms with Gasteiger partial charge in [0.1, 0.15) is 17.5 Å². The first-order valence-electron chi connectivity index (χ1n) is 8.97. The second kappa shape index (κ2) is 7.83. The molecule has 1 aliphatic heterocycles. The Labute approximate surface area is 169 Å². The van der Waals surface area contributed by atoms with Crippen LogP contribution in [-0.4, -0.2) is 51.1 Å². The number of hydrogen-bond acceptors (Lipinski definition) is 5. The van der Waals surface area contributed by atoms with Gasteiger partial charge in [-0.2, -0.15) is 0 Å². The van der Waals surface area contributed by atoms with E-state index >= 15 is 0 Å². The minimum Gasteiger partial charge on any atom is -0.497 e. The van der Waals surface area contributed by atoms with Crippen LogP contribution in [-0.2, 0) is 4.79 Å². The van der Waals surface area contributed by atoms with Gasteiger partial charge in [0.15, 0.2) is 0 Å². The third-order valence-corrected chi connectivity index (χ3v) is 4.79. The van der Waals surface area contributed by atoms with Crippen LogP contribution in [0.25, 0.3) is 0 Å². The normalized spacial score (nSPS) is 15.9. The van der Waals surface area contributed by atoms with Gasteiger partial charge in [-0.3, -0.25) is 9.59 Å². The molecule has 0 aliphatic carbocycles. The fourth-order valence-corrected chi connectivity index (χ4v) is 3.22. The van der Waals surface area contributed by atoms with Crippen LogP contribution in [0.3, 0.4) is 0 Å². The van der Waals surface area contributed by atoms with Crippen LogP contribution in [0.1, 0.15) is 27.5 Å². The van der Waals surface area contributed by atoms with E-state index in [-0.39, 0.29) is 5.91 Å². The number of urea groups is 1. The second-order valence-electron chi connectivity index (χ2n) is 6.86. The van der Waals surface area contributed by atoms with Crippen molar-refractivity contribution in [1.82, 2.24) is 10.2 Å². The molecule has 0 spiro atoms. The van der Waals surface area contributed by atoms with E-state index in [4.69, 9.17) is 9.47 Å². The van der Waals surface area contributed by atoms with Crippen molar-refractivity contribution in [3.05, 3.63) is 53.1 Å². The van der Waals surface area contributed by atoms with Crippen molar-refractivity contribution in [2.45, 2.75) is 13.0 Å². The van der Waals surface area contributed by atoms with Gasteiger partial charge in [0.25, 0.3) is 11.8 Å². The number of carbonyl (C=O) groups is 3. The predicted octanol–water partition coefficient (Wildman–Crippen LogP) is 2.51. The molecule has 0 bridgehead atoms. The first kappa shape index (κ1) is 20.2. The molecular weight excluding hydrogens is 374 g/mol. The van der Waals surface area contributed by atoms with Crippen LogP contribution in [0, 0.1) is 6.92 Å². The molecule has 1 atom stereocenters. The van der Waals surface area contributed by atoms with Gasteiger partial charge in [0, 0.05) is 31.3 Å². The third-order valence-electron chi connectivity index (χ3n) is 4.79. The molecule has 2 aromatic carbocycles. The quantitative estimate of drug-likeness (QED) is 0.784. The van der Waals surface area contributed by atoms with Gasteiger partial charge in [0.2, 0.25) is 0 Å². The number of carbonyl (C=O) groups excluding carboxylic acids is 3. The first-order chi connectivity index (χ1) is 13.8. The zero-order chi connectivity index (χ0) is 21.3. The van der Waals surface area contributed by atoms with Crippen LogP contribution >= 0.6 is 0 Å². The van der Waals surface area contributed by atoms with Crippen LogP contribution in [0.4, 0.5) is 10.5 Å². The van der Waals surface area contributed by atoms with Crippen LogP contribution in [0.5, 0.6) is 11.5 Å². The number of benzene rings is 2. The molecule has 0 radical (unpaired) electrons. The van der Waals surface area contributed by atoms with Gasteiger partial charge < -0.3 is 19.7 Å². The van der Waals surface area contributed by atoms with Gasteiger partial charge in [-0.1, -0.05) is 6.07 Å². The lowest BCUT2D eigenvalue weighted by Gasteiger charge is -2.18. The molecule has 4 amide bonds. The number of anilines is 1. The molecule has 8 nitrogen and oxygen atoms in total. The number of hydrogen-bond donors (Lipinski definition) is 1. The molecule has 2 aromatic rings. The molecule has 1 N–H and O–H groups in total. The molecule has 1 saturated heterocycles. The lowest BCUT2D eigenvalue weighted by atomic mass is 10.0. The van der Waals surface area contributed by atoms with Gasteiger partial charge in [0.05, 0.1) is 19.9 Å². The summed E-state index contributed by atoms with van der Waals surface area (Å²) in [6.07, 6.45) is 0. The zero-order valence-corrected chi connectivity index (χ0v) is 17.0. The second-order valence-corrected chi connectivity index (χ2v) is 6.86.